The lowest BCUT2D eigenvalue weighted by Gasteiger charge is -1.74. The maximum Gasteiger partial charge on any atom is 0.0269 e. The molecule has 0 fully saturated rings. The van der Waals surface area contributed by atoms with E-state index in [9.17, 15) is 0 Å². The van der Waals surface area contributed by atoms with Gasteiger partial charge in [0.25, 0.3) is 0 Å². The summed E-state index contributed by atoms with van der Waals surface area (Å²) in [6.07, 6.45) is 1.58. The molecule has 0 saturated carbocycles. The van der Waals surface area contributed by atoms with Gasteiger partial charge in [0, 0.05) is 7.05 Å². The lowest BCUT2D eigenvalue weighted by atomic mass is 10.4. The SMILES string of the molecule is C=NC.CC.CC.CC(C)=CN. The fraction of sp³-hybridized carbons (Fsp3) is 0.700. The Labute approximate surface area is 78.6 Å². The van der Waals surface area contributed by atoms with Crippen LogP contribution in [0.3, 0.4) is 0 Å². The van der Waals surface area contributed by atoms with Crippen LogP contribution < -0.4 is 5.73 Å². The van der Waals surface area contributed by atoms with E-state index in [1.165, 1.54) is 0 Å². The molecule has 0 radical (unpaired) electrons. The van der Waals surface area contributed by atoms with E-state index >= 15 is 0 Å². The molecule has 2 heteroatoms. The summed E-state index contributed by atoms with van der Waals surface area (Å²) < 4.78 is 0. The maximum atomic E-state index is 5.01. The molecule has 12 heavy (non-hydrogen) atoms. The van der Waals surface area contributed by atoms with Gasteiger partial charge >= 0.3 is 0 Å². The predicted octanol–water partition coefficient (Wildman–Crippen LogP) is 3.24. The van der Waals surface area contributed by atoms with Crippen molar-refractivity contribution in [2.75, 3.05) is 7.05 Å². The average Bonchev–Trinajstić information content (AvgIpc) is 2.13. The Bertz CT molecular complexity index is 71.9. The average molecular weight is 174 g/mol. The molecule has 0 saturated heterocycles. The van der Waals surface area contributed by atoms with E-state index in [-0.39, 0.29) is 0 Å². The summed E-state index contributed by atoms with van der Waals surface area (Å²) in [5.41, 5.74) is 6.17. The van der Waals surface area contributed by atoms with Crippen molar-refractivity contribution in [1.82, 2.24) is 0 Å². The van der Waals surface area contributed by atoms with E-state index in [1.54, 1.807) is 13.2 Å². The van der Waals surface area contributed by atoms with Crippen molar-refractivity contribution in [3.05, 3.63) is 11.8 Å². The molecule has 0 atom stereocenters. The molecular formula is C10H26N2. The van der Waals surface area contributed by atoms with Gasteiger partial charge in [-0.3, -0.25) is 0 Å². The molecule has 0 bridgehead atoms. The smallest absolute Gasteiger partial charge is 0.0269 e. The summed E-state index contributed by atoms with van der Waals surface area (Å²) in [6, 6.07) is 0. The Balaban J connectivity index is -0.0000000397. The Morgan fingerprint density at radius 2 is 1.25 bits per heavy atom. The van der Waals surface area contributed by atoms with Gasteiger partial charge in [0.2, 0.25) is 0 Å². The largest absolute Gasteiger partial charge is 0.405 e. The minimum Gasteiger partial charge on any atom is -0.405 e. The molecule has 2 N–H and O–H groups in total. The van der Waals surface area contributed by atoms with Crippen molar-refractivity contribution in [3.63, 3.8) is 0 Å². The minimum atomic E-state index is 1.16. The molecule has 0 unspecified atom stereocenters. The predicted molar refractivity (Wildman–Crippen MR) is 61.8 cm³/mol. The molecule has 0 aromatic rings. The summed E-state index contributed by atoms with van der Waals surface area (Å²) in [4.78, 5) is 3.25. The first-order valence-electron chi connectivity index (χ1n) is 4.39. The van der Waals surface area contributed by atoms with Gasteiger partial charge in [0.05, 0.1) is 0 Å². The molecule has 0 aliphatic rings. The topological polar surface area (TPSA) is 38.4 Å². The van der Waals surface area contributed by atoms with Crippen molar-refractivity contribution in [1.29, 1.82) is 0 Å². The van der Waals surface area contributed by atoms with Gasteiger partial charge in [-0.2, -0.15) is 0 Å². The summed E-state index contributed by atoms with van der Waals surface area (Å²) in [7, 11) is 1.64. The van der Waals surface area contributed by atoms with Crippen LogP contribution in [0.5, 0.6) is 0 Å². The highest BCUT2D eigenvalue weighted by atomic mass is 14.6. The Hall–Kier alpha value is -0.790. The molecule has 76 valence electrons. The highest BCUT2D eigenvalue weighted by Gasteiger charge is 1.61. The first kappa shape index (κ1) is 22.5. The van der Waals surface area contributed by atoms with E-state index in [2.05, 4.69) is 11.7 Å². The fourth-order valence-corrected chi connectivity index (χ4v) is 0. The van der Waals surface area contributed by atoms with Gasteiger partial charge in [-0.1, -0.05) is 33.3 Å². The van der Waals surface area contributed by atoms with Crippen LogP contribution in [0.25, 0.3) is 0 Å². The fourth-order valence-electron chi connectivity index (χ4n) is 0. The van der Waals surface area contributed by atoms with Crippen LogP contribution in [-0.2, 0) is 0 Å². The summed E-state index contributed by atoms with van der Waals surface area (Å²) in [5.74, 6) is 0. The summed E-state index contributed by atoms with van der Waals surface area (Å²) in [5, 5.41) is 0. The van der Waals surface area contributed by atoms with Crippen molar-refractivity contribution < 1.29 is 0 Å². The van der Waals surface area contributed by atoms with E-state index in [0.29, 0.717) is 0 Å². The maximum absolute atomic E-state index is 5.01. The zero-order valence-corrected chi connectivity index (χ0v) is 9.81. The third-order valence-corrected chi connectivity index (χ3v) is 0.333. The zero-order chi connectivity index (χ0) is 11.0. The second-order valence-corrected chi connectivity index (χ2v) is 1.56. The summed E-state index contributed by atoms with van der Waals surface area (Å²) in [6.45, 7) is 15.0. The normalized spacial score (nSPS) is 4.92. The van der Waals surface area contributed by atoms with E-state index in [4.69, 9.17) is 5.73 Å². The van der Waals surface area contributed by atoms with Crippen molar-refractivity contribution in [2.24, 2.45) is 10.7 Å². The molecule has 0 spiro atoms. The van der Waals surface area contributed by atoms with Gasteiger partial charge in [-0.25, -0.2) is 0 Å². The standard InChI is InChI=1S/C4H9N.C2H5N.2C2H6/c1-4(2)3-5;1-3-2;2*1-2/h3H,5H2,1-2H3;1H2,2H3;2*1-2H3. The number of nitrogens with zero attached hydrogens (tertiary/aromatic N) is 1. The third-order valence-electron chi connectivity index (χ3n) is 0.333. The van der Waals surface area contributed by atoms with E-state index in [0.717, 1.165) is 5.57 Å². The lowest BCUT2D eigenvalue weighted by molar-refractivity contribution is 1.34. The third kappa shape index (κ3) is 424. The zero-order valence-electron chi connectivity index (χ0n) is 9.81. The minimum absolute atomic E-state index is 1.16. The van der Waals surface area contributed by atoms with Crippen LogP contribution in [0.2, 0.25) is 0 Å². The van der Waals surface area contributed by atoms with E-state index < -0.39 is 0 Å². The molecule has 0 aromatic carbocycles. The second-order valence-electron chi connectivity index (χ2n) is 1.56. The number of nitrogens with two attached hydrogens (primary N) is 1. The first-order chi connectivity index (χ1) is 5.68. The Morgan fingerprint density at radius 3 is 1.25 bits per heavy atom. The van der Waals surface area contributed by atoms with Gasteiger partial charge < -0.3 is 10.7 Å². The number of hydrogen-bond acceptors (Lipinski definition) is 2. The first-order valence-corrected chi connectivity index (χ1v) is 4.39. The van der Waals surface area contributed by atoms with Crippen LogP contribution in [0, 0.1) is 0 Å². The van der Waals surface area contributed by atoms with Gasteiger partial charge in [0.1, 0.15) is 0 Å². The number of rotatable bonds is 0. The summed E-state index contributed by atoms with van der Waals surface area (Å²) >= 11 is 0. The lowest BCUT2D eigenvalue weighted by Crippen LogP contribution is -1.76. The monoisotopic (exact) mass is 174 g/mol. The van der Waals surface area contributed by atoms with Gasteiger partial charge in [0.15, 0.2) is 0 Å². The number of aliphatic imine (C=N–C) groups is 1. The molecule has 0 amide bonds. The number of allylic oxidation sites excluding steroid dienone is 1. The van der Waals surface area contributed by atoms with E-state index in [1.807, 2.05) is 41.5 Å². The molecule has 0 aliphatic heterocycles. The van der Waals surface area contributed by atoms with Crippen LogP contribution in [0.1, 0.15) is 41.5 Å². The number of hydrogen-bond donors (Lipinski definition) is 1. The van der Waals surface area contributed by atoms with Crippen molar-refractivity contribution in [3.8, 4) is 0 Å². The quantitative estimate of drug-likeness (QED) is 0.562. The second kappa shape index (κ2) is 48.9. The Kier molecular flexibility index (Phi) is 91.5. The molecule has 0 aliphatic carbocycles. The molecular weight excluding hydrogens is 148 g/mol. The molecule has 2 nitrogen and oxygen atoms in total. The Morgan fingerprint density at radius 1 is 1.17 bits per heavy atom. The van der Waals surface area contributed by atoms with Crippen LogP contribution in [0.15, 0.2) is 16.8 Å². The molecule has 0 heterocycles. The molecule has 0 rings (SSSR count). The van der Waals surface area contributed by atoms with Crippen LogP contribution >= 0.6 is 0 Å². The van der Waals surface area contributed by atoms with Crippen LogP contribution in [-0.4, -0.2) is 13.8 Å². The van der Waals surface area contributed by atoms with Crippen molar-refractivity contribution >= 4 is 6.72 Å². The molecule has 0 aromatic heterocycles. The van der Waals surface area contributed by atoms with Crippen molar-refractivity contribution in [2.45, 2.75) is 41.5 Å². The highest BCUT2D eigenvalue weighted by Crippen LogP contribution is 1.78. The van der Waals surface area contributed by atoms with Crippen LogP contribution in [0.4, 0.5) is 0 Å². The van der Waals surface area contributed by atoms with Gasteiger partial charge in [-0.05, 0) is 26.8 Å². The van der Waals surface area contributed by atoms with Gasteiger partial charge in [-0.15, -0.1) is 0 Å². The highest BCUT2D eigenvalue weighted by molar-refractivity contribution is 5.22.